The summed E-state index contributed by atoms with van der Waals surface area (Å²) in [5.41, 5.74) is 1.02. The highest BCUT2D eigenvalue weighted by Crippen LogP contribution is 2.23. The third-order valence-electron chi connectivity index (χ3n) is 5.26. The van der Waals surface area contributed by atoms with Crippen molar-refractivity contribution < 1.29 is 14.3 Å². The SMILES string of the molecule is CC1CN(C(=O)C2CCN(C(=O)C=Cc3ccccc3)CC2)C(C)CO1. The molecule has 5 nitrogen and oxygen atoms in total. The lowest BCUT2D eigenvalue weighted by atomic mass is 9.94. The number of carbonyl (C=O) groups is 2. The number of benzene rings is 1. The molecule has 2 saturated heterocycles. The number of rotatable bonds is 3. The van der Waals surface area contributed by atoms with Gasteiger partial charge < -0.3 is 14.5 Å². The monoisotopic (exact) mass is 356 g/mol. The first-order chi connectivity index (χ1) is 12.5. The van der Waals surface area contributed by atoms with Gasteiger partial charge in [0.05, 0.1) is 18.8 Å². The summed E-state index contributed by atoms with van der Waals surface area (Å²) in [4.78, 5) is 29.0. The van der Waals surface area contributed by atoms with Crippen LogP contribution >= 0.6 is 0 Å². The quantitative estimate of drug-likeness (QED) is 0.782. The lowest BCUT2D eigenvalue weighted by Crippen LogP contribution is -2.53. The van der Waals surface area contributed by atoms with Crippen LogP contribution in [0.25, 0.3) is 6.08 Å². The van der Waals surface area contributed by atoms with E-state index < -0.39 is 0 Å². The Hall–Kier alpha value is -2.14. The van der Waals surface area contributed by atoms with Crippen LogP contribution in [0.2, 0.25) is 0 Å². The molecular formula is C21H28N2O3. The van der Waals surface area contributed by atoms with Gasteiger partial charge in [0.15, 0.2) is 0 Å². The topological polar surface area (TPSA) is 49.9 Å². The zero-order chi connectivity index (χ0) is 18.5. The van der Waals surface area contributed by atoms with Gasteiger partial charge in [-0.05, 0) is 38.3 Å². The highest BCUT2D eigenvalue weighted by molar-refractivity contribution is 5.92. The molecule has 0 spiro atoms. The molecule has 140 valence electrons. The lowest BCUT2D eigenvalue weighted by molar-refractivity contribution is -0.150. The Labute approximate surface area is 155 Å². The van der Waals surface area contributed by atoms with Crippen molar-refractivity contribution in [1.82, 2.24) is 9.80 Å². The molecule has 2 aliphatic heterocycles. The van der Waals surface area contributed by atoms with E-state index in [-0.39, 0.29) is 29.9 Å². The molecule has 0 N–H and O–H groups in total. The minimum absolute atomic E-state index is 0.0184. The third-order valence-corrected chi connectivity index (χ3v) is 5.26. The van der Waals surface area contributed by atoms with Gasteiger partial charge in [0, 0.05) is 31.6 Å². The lowest BCUT2D eigenvalue weighted by Gasteiger charge is -2.40. The Bertz CT molecular complexity index is 650. The molecule has 3 rings (SSSR count). The van der Waals surface area contributed by atoms with Gasteiger partial charge in [-0.1, -0.05) is 30.3 Å². The van der Waals surface area contributed by atoms with E-state index in [4.69, 9.17) is 4.74 Å². The van der Waals surface area contributed by atoms with Crippen LogP contribution in [0.5, 0.6) is 0 Å². The smallest absolute Gasteiger partial charge is 0.246 e. The molecule has 2 aliphatic rings. The summed E-state index contributed by atoms with van der Waals surface area (Å²) in [6, 6.07) is 9.94. The van der Waals surface area contributed by atoms with Crippen LogP contribution in [0, 0.1) is 5.92 Å². The second-order valence-corrected chi connectivity index (χ2v) is 7.33. The van der Waals surface area contributed by atoms with Crippen molar-refractivity contribution in [3.63, 3.8) is 0 Å². The van der Waals surface area contributed by atoms with E-state index in [2.05, 4.69) is 0 Å². The number of likely N-dealkylation sites (tertiary alicyclic amines) is 1. The van der Waals surface area contributed by atoms with Crippen molar-refractivity contribution in [2.45, 2.75) is 38.8 Å². The predicted octanol–water partition coefficient (Wildman–Crippen LogP) is 2.57. The van der Waals surface area contributed by atoms with E-state index in [1.165, 1.54) is 0 Å². The average Bonchev–Trinajstić information content (AvgIpc) is 2.68. The molecule has 0 aliphatic carbocycles. The van der Waals surface area contributed by atoms with Gasteiger partial charge >= 0.3 is 0 Å². The van der Waals surface area contributed by atoms with Crippen molar-refractivity contribution >= 4 is 17.9 Å². The van der Waals surface area contributed by atoms with E-state index in [1.54, 1.807) is 6.08 Å². The summed E-state index contributed by atoms with van der Waals surface area (Å²) in [6.45, 7) is 6.60. The first kappa shape index (κ1) is 18.6. The summed E-state index contributed by atoms with van der Waals surface area (Å²) in [6.07, 6.45) is 5.05. The van der Waals surface area contributed by atoms with Crippen molar-refractivity contribution in [2.75, 3.05) is 26.2 Å². The molecule has 2 fully saturated rings. The zero-order valence-electron chi connectivity index (χ0n) is 15.6. The van der Waals surface area contributed by atoms with Crippen LogP contribution in [0.15, 0.2) is 36.4 Å². The van der Waals surface area contributed by atoms with Gasteiger partial charge in [0.1, 0.15) is 0 Å². The largest absolute Gasteiger partial charge is 0.375 e. The standard InChI is InChI=1S/C21H28N2O3/c1-16-15-26-17(2)14-23(16)21(25)19-10-12-22(13-11-19)20(24)9-8-18-6-4-3-5-7-18/h3-9,16-17,19H,10-15H2,1-2H3. The van der Waals surface area contributed by atoms with Gasteiger partial charge in [-0.25, -0.2) is 0 Å². The molecule has 0 aromatic heterocycles. The fraction of sp³-hybridized carbons (Fsp3) is 0.524. The number of amides is 2. The Morgan fingerprint density at radius 2 is 1.81 bits per heavy atom. The summed E-state index contributed by atoms with van der Waals surface area (Å²) >= 11 is 0. The molecule has 2 amide bonds. The van der Waals surface area contributed by atoms with Crippen LogP contribution in [-0.2, 0) is 14.3 Å². The van der Waals surface area contributed by atoms with Crippen molar-refractivity contribution in [2.24, 2.45) is 5.92 Å². The number of morpholine rings is 1. The fourth-order valence-electron chi connectivity index (χ4n) is 3.63. The number of hydrogen-bond donors (Lipinski definition) is 0. The fourth-order valence-corrected chi connectivity index (χ4v) is 3.63. The average molecular weight is 356 g/mol. The maximum atomic E-state index is 12.8. The molecule has 1 aromatic rings. The first-order valence-electron chi connectivity index (χ1n) is 9.48. The van der Waals surface area contributed by atoms with E-state index in [9.17, 15) is 9.59 Å². The van der Waals surface area contributed by atoms with Crippen LogP contribution < -0.4 is 0 Å². The van der Waals surface area contributed by atoms with Gasteiger partial charge in [0.2, 0.25) is 11.8 Å². The van der Waals surface area contributed by atoms with Gasteiger partial charge in [-0.3, -0.25) is 9.59 Å². The van der Waals surface area contributed by atoms with Gasteiger partial charge in [0.25, 0.3) is 0 Å². The Morgan fingerprint density at radius 3 is 2.50 bits per heavy atom. The molecule has 0 bridgehead atoms. The minimum atomic E-state index is 0.0184. The molecule has 26 heavy (non-hydrogen) atoms. The number of ether oxygens (including phenoxy) is 1. The molecule has 0 radical (unpaired) electrons. The number of nitrogens with zero attached hydrogens (tertiary/aromatic N) is 2. The maximum Gasteiger partial charge on any atom is 0.246 e. The first-order valence-corrected chi connectivity index (χ1v) is 9.48. The van der Waals surface area contributed by atoms with Crippen molar-refractivity contribution in [1.29, 1.82) is 0 Å². The summed E-state index contributed by atoms with van der Waals surface area (Å²) in [5.74, 6) is 0.262. The Balaban J connectivity index is 1.51. The number of hydrogen-bond acceptors (Lipinski definition) is 3. The van der Waals surface area contributed by atoms with Crippen LogP contribution in [-0.4, -0.2) is 60.0 Å². The zero-order valence-corrected chi connectivity index (χ0v) is 15.6. The van der Waals surface area contributed by atoms with Crippen molar-refractivity contribution in [3.8, 4) is 0 Å². The molecule has 2 atom stereocenters. The van der Waals surface area contributed by atoms with Crippen molar-refractivity contribution in [3.05, 3.63) is 42.0 Å². The van der Waals surface area contributed by atoms with E-state index in [1.807, 2.05) is 60.1 Å². The summed E-state index contributed by atoms with van der Waals surface area (Å²) in [7, 11) is 0. The van der Waals surface area contributed by atoms with E-state index in [0.29, 0.717) is 26.2 Å². The van der Waals surface area contributed by atoms with Gasteiger partial charge in [-0.2, -0.15) is 0 Å². The van der Waals surface area contributed by atoms with E-state index >= 15 is 0 Å². The normalized spacial score (nSPS) is 24.8. The van der Waals surface area contributed by atoms with Crippen LogP contribution in [0.3, 0.4) is 0 Å². The highest BCUT2D eigenvalue weighted by Gasteiger charge is 2.34. The van der Waals surface area contributed by atoms with Crippen LogP contribution in [0.1, 0.15) is 32.3 Å². The summed E-state index contributed by atoms with van der Waals surface area (Å²) in [5, 5.41) is 0. The third kappa shape index (κ3) is 4.52. The molecule has 1 aromatic carbocycles. The van der Waals surface area contributed by atoms with Gasteiger partial charge in [-0.15, -0.1) is 0 Å². The minimum Gasteiger partial charge on any atom is -0.375 e. The van der Waals surface area contributed by atoms with Crippen LogP contribution in [0.4, 0.5) is 0 Å². The Kier molecular flexibility index (Phi) is 6.09. The number of carbonyl (C=O) groups excluding carboxylic acids is 2. The second-order valence-electron chi connectivity index (χ2n) is 7.33. The molecular weight excluding hydrogens is 328 g/mol. The second kappa shape index (κ2) is 8.49. The molecule has 2 heterocycles. The highest BCUT2D eigenvalue weighted by atomic mass is 16.5. The predicted molar refractivity (Wildman–Crippen MR) is 101 cm³/mol. The molecule has 2 unspecified atom stereocenters. The summed E-state index contributed by atoms with van der Waals surface area (Å²) < 4.78 is 5.62. The Morgan fingerprint density at radius 1 is 1.12 bits per heavy atom. The molecule has 5 heteroatoms. The van der Waals surface area contributed by atoms with E-state index in [0.717, 1.165) is 18.4 Å². The number of piperidine rings is 1. The molecule has 0 saturated carbocycles. The maximum absolute atomic E-state index is 12.8.